The molecule has 0 aliphatic carbocycles. The van der Waals surface area contributed by atoms with Crippen LogP contribution in [0.15, 0.2) is 78.1 Å². The zero-order valence-electron chi connectivity index (χ0n) is 15.5. The molecule has 2 heterocycles. The van der Waals surface area contributed by atoms with Crippen LogP contribution in [-0.2, 0) is 4.79 Å². The Bertz CT molecular complexity index is 1170. The van der Waals surface area contributed by atoms with E-state index in [0.717, 1.165) is 23.5 Å². The van der Waals surface area contributed by atoms with E-state index in [9.17, 15) is 13.6 Å². The second kappa shape index (κ2) is 8.83. The van der Waals surface area contributed by atoms with Crippen LogP contribution in [0.1, 0.15) is 0 Å². The molecule has 0 fully saturated rings. The number of hydrogen-bond donors (Lipinski definition) is 1. The van der Waals surface area contributed by atoms with Gasteiger partial charge in [0.05, 0.1) is 11.4 Å². The maximum absolute atomic E-state index is 13.8. The number of amides is 1. The molecular formula is C21H15F2N5OS. The Morgan fingerprint density at radius 3 is 2.53 bits per heavy atom. The first kappa shape index (κ1) is 19.7. The molecule has 2 aromatic heterocycles. The monoisotopic (exact) mass is 423 g/mol. The molecule has 1 N–H and O–H groups in total. The van der Waals surface area contributed by atoms with Crippen LogP contribution in [0.3, 0.4) is 0 Å². The number of carbonyl (C=O) groups is 1. The van der Waals surface area contributed by atoms with Crippen LogP contribution in [0.4, 0.5) is 14.5 Å². The third-order valence-corrected chi connectivity index (χ3v) is 5.01. The van der Waals surface area contributed by atoms with Gasteiger partial charge in [0.15, 0.2) is 11.0 Å². The number of carbonyl (C=O) groups excluding carboxylic acids is 1. The highest BCUT2D eigenvalue weighted by Crippen LogP contribution is 2.27. The lowest BCUT2D eigenvalue weighted by Gasteiger charge is -2.10. The Morgan fingerprint density at radius 1 is 1.00 bits per heavy atom. The Hall–Kier alpha value is -3.59. The summed E-state index contributed by atoms with van der Waals surface area (Å²) in [5.74, 6) is -1.50. The summed E-state index contributed by atoms with van der Waals surface area (Å²) >= 11 is 1.15. The van der Waals surface area contributed by atoms with Crippen molar-refractivity contribution in [3.63, 3.8) is 0 Å². The average molecular weight is 423 g/mol. The van der Waals surface area contributed by atoms with Gasteiger partial charge in [-0.1, -0.05) is 36.0 Å². The third-order valence-electron chi connectivity index (χ3n) is 4.08. The summed E-state index contributed by atoms with van der Waals surface area (Å²) in [6, 6.07) is 17.9. The minimum atomic E-state index is -0.835. The fraction of sp³-hybridized carbons (Fsp3) is 0.0476. The minimum Gasteiger partial charge on any atom is -0.323 e. The molecule has 0 atom stereocenters. The molecule has 0 saturated heterocycles. The molecule has 2 aromatic carbocycles. The van der Waals surface area contributed by atoms with E-state index < -0.39 is 17.5 Å². The van der Waals surface area contributed by atoms with Crippen molar-refractivity contribution in [1.82, 2.24) is 19.7 Å². The Balaban J connectivity index is 1.57. The molecule has 0 aliphatic rings. The highest BCUT2D eigenvalue weighted by Gasteiger charge is 2.18. The van der Waals surface area contributed by atoms with Crippen molar-refractivity contribution in [1.29, 1.82) is 0 Å². The topological polar surface area (TPSA) is 72.7 Å². The van der Waals surface area contributed by atoms with E-state index >= 15 is 0 Å². The quantitative estimate of drug-likeness (QED) is 0.467. The predicted molar refractivity (Wildman–Crippen MR) is 110 cm³/mol. The van der Waals surface area contributed by atoms with E-state index in [-0.39, 0.29) is 11.4 Å². The standard InChI is InChI=1S/C21H15F2N5OS/c22-14-9-10-17(16(23)12-14)25-19(29)13-30-21-27-26-20(18-8-4-5-11-24-18)28(21)15-6-2-1-3-7-15/h1-12H,13H2,(H,25,29). The van der Waals surface area contributed by atoms with Gasteiger partial charge in [-0.3, -0.25) is 14.3 Å². The van der Waals surface area contributed by atoms with Crippen LogP contribution >= 0.6 is 11.8 Å². The summed E-state index contributed by atoms with van der Waals surface area (Å²) in [6.45, 7) is 0. The maximum atomic E-state index is 13.8. The first-order valence-electron chi connectivity index (χ1n) is 8.92. The summed E-state index contributed by atoms with van der Waals surface area (Å²) < 4.78 is 28.6. The van der Waals surface area contributed by atoms with Crippen LogP contribution < -0.4 is 5.32 Å². The molecular weight excluding hydrogens is 408 g/mol. The second-order valence-corrected chi connectivity index (χ2v) is 7.10. The number of nitrogens with one attached hydrogen (secondary N) is 1. The SMILES string of the molecule is O=C(CSc1nnc(-c2ccccn2)n1-c1ccccc1)Nc1ccc(F)cc1F. The molecule has 0 radical (unpaired) electrons. The molecule has 9 heteroatoms. The zero-order chi connectivity index (χ0) is 20.9. The largest absolute Gasteiger partial charge is 0.323 e. The van der Waals surface area contributed by atoms with Crippen molar-refractivity contribution in [2.75, 3.05) is 11.1 Å². The number of anilines is 1. The lowest BCUT2D eigenvalue weighted by atomic mass is 10.3. The highest BCUT2D eigenvalue weighted by molar-refractivity contribution is 7.99. The van der Waals surface area contributed by atoms with Crippen LogP contribution in [0, 0.1) is 11.6 Å². The van der Waals surface area contributed by atoms with Crippen LogP contribution in [-0.4, -0.2) is 31.4 Å². The summed E-state index contributed by atoms with van der Waals surface area (Å²) in [5.41, 5.74) is 1.37. The summed E-state index contributed by atoms with van der Waals surface area (Å²) in [7, 11) is 0. The van der Waals surface area contributed by atoms with Gasteiger partial charge in [-0.25, -0.2) is 8.78 Å². The molecule has 150 valence electrons. The number of hydrogen-bond acceptors (Lipinski definition) is 5. The number of nitrogens with zero attached hydrogens (tertiary/aromatic N) is 4. The van der Waals surface area contributed by atoms with Crippen molar-refractivity contribution in [3.8, 4) is 17.2 Å². The molecule has 0 bridgehead atoms. The van der Waals surface area contributed by atoms with E-state index in [0.29, 0.717) is 22.7 Å². The van der Waals surface area contributed by atoms with Crippen molar-refractivity contribution in [2.24, 2.45) is 0 Å². The van der Waals surface area contributed by atoms with Gasteiger partial charge in [0, 0.05) is 18.0 Å². The molecule has 30 heavy (non-hydrogen) atoms. The molecule has 0 spiro atoms. The molecule has 1 amide bonds. The van der Waals surface area contributed by atoms with E-state index in [2.05, 4.69) is 20.5 Å². The fourth-order valence-corrected chi connectivity index (χ4v) is 3.49. The van der Waals surface area contributed by atoms with Gasteiger partial charge < -0.3 is 5.32 Å². The molecule has 0 aliphatic heterocycles. The van der Waals surface area contributed by atoms with Crippen molar-refractivity contribution < 1.29 is 13.6 Å². The van der Waals surface area contributed by atoms with E-state index in [1.165, 1.54) is 6.07 Å². The van der Waals surface area contributed by atoms with Crippen LogP contribution in [0.25, 0.3) is 17.2 Å². The molecule has 4 aromatic rings. The first-order valence-corrected chi connectivity index (χ1v) is 9.90. The molecule has 0 unspecified atom stereocenters. The normalized spacial score (nSPS) is 10.7. The smallest absolute Gasteiger partial charge is 0.234 e. The maximum Gasteiger partial charge on any atom is 0.234 e. The summed E-state index contributed by atoms with van der Waals surface area (Å²) in [6.07, 6.45) is 1.66. The number of aromatic nitrogens is 4. The lowest BCUT2D eigenvalue weighted by Crippen LogP contribution is -2.15. The summed E-state index contributed by atoms with van der Waals surface area (Å²) in [4.78, 5) is 16.6. The first-order chi connectivity index (χ1) is 14.6. The van der Waals surface area contributed by atoms with E-state index in [1.54, 1.807) is 16.8 Å². The molecule has 0 saturated carbocycles. The number of para-hydroxylation sites is 1. The van der Waals surface area contributed by atoms with Crippen molar-refractivity contribution in [3.05, 3.63) is 84.6 Å². The number of benzene rings is 2. The highest BCUT2D eigenvalue weighted by atomic mass is 32.2. The van der Waals surface area contributed by atoms with Crippen molar-refractivity contribution >= 4 is 23.4 Å². The number of pyridine rings is 1. The Labute approximate surface area is 175 Å². The van der Waals surface area contributed by atoms with Gasteiger partial charge >= 0.3 is 0 Å². The van der Waals surface area contributed by atoms with Crippen molar-refractivity contribution in [2.45, 2.75) is 5.16 Å². The Morgan fingerprint density at radius 2 is 1.80 bits per heavy atom. The third kappa shape index (κ3) is 4.36. The Kier molecular flexibility index (Phi) is 5.80. The number of rotatable bonds is 6. The zero-order valence-corrected chi connectivity index (χ0v) is 16.3. The van der Waals surface area contributed by atoms with Gasteiger partial charge in [0.1, 0.15) is 17.3 Å². The average Bonchev–Trinajstić information content (AvgIpc) is 3.19. The van der Waals surface area contributed by atoms with Gasteiger partial charge in [0.2, 0.25) is 5.91 Å². The van der Waals surface area contributed by atoms with Crippen LogP contribution in [0.2, 0.25) is 0 Å². The number of halogens is 2. The van der Waals surface area contributed by atoms with Gasteiger partial charge in [-0.05, 0) is 36.4 Å². The van der Waals surface area contributed by atoms with Gasteiger partial charge in [-0.2, -0.15) is 0 Å². The van der Waals surface area contributed by atoms with E-state index in [1.807, 2.05) is 42.5 Å². The number of thioether (sulfide) groups is 1. The summed E-state index contributed by atoms with van der Waals surface area (Å²) in [5, 5.41) is 11.4. The van der Waals surface area contributed by atoms with Gasteiger partial charge in [-0.15, -0.1) is 10.2 Å². The predicted octanol–water partition coefficient (Wildman–Crippen LogP) is 4.34. The molecule has 6 nitrogen and oxygen atoms in total. The molecule has 4 rings (SSSR count). The fourth-order valence-electron chi connectivity index (χ4n) is 2.74. The lowest BCUT2D eigenvalue weighted by molar-refractivity contribution is -0.113. The minimum absolute atomic E-state index is 0.0377. The van der Waals surface area contributed by atoms with E-state index in [4.69, 9.17) is 0 Å². The van der Waals surface area contributed by atoms with Crippen LogP contribution in [0.5, 0.6) is 0 Å². The second-order valence-electron chi connectivity index (χ2n) is 6.15. The van der Waals surface area contributed by atoms with Gasteiger partial charge in [0.25, 0.3) is 0 Å².